The van der Waals surface area contributed by atoms with Crippen molar-refractivity contribution in [2.24, 2.45) is 0 Å². The van der Waals surface area contributed by atoms with Crippen LogP contribution in [0, 0.1) is 0 Å². The third-order valence-corrected chi connectivity index (χ3v) is 4.18. The van der Waals surface area contributed by atoms with Crippen LogP contribution in [0.25, 0.3) is 28.3 Å². The molecule has 0 radical (unpaired) electrons. The Morgan fingerprint density at radius 2 is 2.04 bits per heavy atom. The molecule has 142 valence electrons. The summed E-state index contributed by atoms with van der Waals surface area (Å²) in [7, 11) is 2.85. The molecule has 0 aliphatic carbocycles. The van der Waals surface area contributed by atoms with E-state index in [0.717, 1.165) is 5.56 Å². The number of nitrogens with zero attached hydrogens (tertiary/aromatic N) is 4. The van der Waals surface area contributed by atoms with E-state index in [1.165, 1.54) is 7.11 Å². The van der Waals surface area contributed by atoms with Gasteiger partial charge in [0.15, 0.2) is 11.6 Å². The summed E-state index contributed by atoms with van der Waals surface area (Å²) >= 11 is 0. The smallest absolute Gasteiger partial charge is 0.341 e. The SMILES string of the molecule is COCc1nc(-c2cccc(-n3cc(C(=O)OC)c4n[nH]c(=O)c-4c3)c2)n[nH]1. The number of methoxy groups -OCH3 is 2. The topological polar surface area (TPSA) is 128 Å². The minimum absolute atomic E-state index is 0.184. The standard InChI is InChI=1S/C18H16N6O4/c1-27-9-14-19-16(22-20-14)10-4-3-5-11(6-10)24-7-12-15(21-23-17(12)25)13(8-24)18(26)28-2/h3-8H,9H2,1-2H3,(H,23,25)(H,19,20,22). The first-order chi connectivity index (χ1) is 13.6. The molecule has 1 aromatic heterocycles. The Hall–Kier alpha value is -3.79. The zero-order valence-electron chi connectivity index (χ0n) is 15.1. The summed E-state index contributed by atoms with van der Waals surface area (Å²) in [6, 6.07) is 7.38. The molecular weight excluding hydrogens is 364 g/mol. The quantitative estimate of drug-likeness (QED) is 0.501. The van der Waals surface area contributed by atoms with Crippen LogP contribution < -0.4 is 5.56 Å². The third-order valence-electron chi connectivity index (χ3n) is 4.18. The molecule has 0 saturated heterocycles. The van der Waals surface area contributed by atoms with Crippen LogP contribution in [0.2, 0.25) is 0 Å². The van der Waals surface area contributed by atoms with Crippen molar-refractivity contribution >= 4 is 5.97 Å². The zero-order chi connectivity index (χ0) is 19.7. The molecule has 2 N–H and O–H groups in total. The molecule has 0 fully saturated rings. The van der Waals surface area contributed by atoms with Gasteiger partial charge in [-0.25, -0.2) is 14.9 Å². The summed E-state index contributed by atoms with van der Waals surface area (Å²) in [5.41, 5.74) is 1.82. The van der Waals surface area contributed by atoms with Crippen LogP contribution in [0.4, 0.5) is 0 Å². The molecular formula is C18H16N6O4. The molecule has 0 atom stereocenters. The molecule has 0 saturated carbocycles. The lowest BCUT2D eigenvalue weighted by molar-refractivity contribution is 0.0600. The molecule has 0 spiro atoms. The Morgan fingerprint density at radius 1 is 1.18 bits per heavy atom. The van der Waals surface area contributed by atoms with Crippen molar-refractivity contribution in [1.29, 1.82) is 0 Å². The van der Waals surface area contributed by atoms with E-state index in [4.69, 9.17) is 9.47 Å². The van der Waals surface area contributed by atoms with Crippen molar-refractivity contribution in [1.82, 2.24) is 29.9 Å². The number of benzene rings is 1. The van der Waals surface area contributed by atoms with Crippen LogP contribution in [-0.4, -0.2) is 50.1 Å². The molecule has 0 amide bonds. The van der Waals surface area contributed by atoms with E-state index in [1.807, 2.05) is 24.3 Å². The number of fused-ring (bicyclic) bond motifs is 1. The van der Waals surface area contributed by atoms with Gasteiger partial charge in [0.25, 0.3) is 5.56 Å². The van der Waals surface area contributed by atoms with Crippen LogP contribution in [0.1, 0.15) is 16.2 Å². The Bertz CT molecular complexity index is 1170. The maximum atomic E-state index is 12.1. The number of pyridine rings is 1. The van der Waals surface area contributed by atoms with Gasteiger partial charge in [-0.3, -0.25) is 9.89 Å². The second-order valence-electron chi connectivity index (χ2n) is 5.97. The van der Waals surface area contributed by atoms with E-state index in [0.29, 0.717) is 23.9 Å². The van der Waals surface area contributed by atoms with Crippen molar-refractivity contribution in [2.75, 3.05) is 14.2 Å². The monoisotopic (exact) mass is 380 g/mol. The molecule has 3 heterocycles. The van der Waals surface area contributed by atoms with E-state index in [1.54, 1.807) is 24.1 Å². The highest BCUT2D eigenvalue weighted by atomic mass is 16.5. The van der Waals surface area contributed by atoms with E-state index in [9.17, 15) is 9.59 Å². The van der Waals surface area contributed by atoms with Gasteiger partial charge in [-0.2, -0.15) is 10.2 Å². The number of hydrogen-bond donors (Lipinski definition) is 2. The molecule has 2 aliphatic rings. The van der Waals surface area contributed by atoms with Crippen molar-refractivity contribution in [3.63, 3.8) is 0 Å². The Labute approximate surface area is 158 Å². The second kappa shape index (κ2) is 7.08. The number of H-pyrrole nitrogens is 2. The molecule has 0 unspecified atom stereocenters. The average molecular weight is 380 g/mol. The van der Waals surface area contributed by atoms with Gasteiger partial charge in [-0.15, -0.1) is 0 Å². The largest absolute Gasteiger partial charge is 0.465 e. The highest BCUT2D eigenvalue weighted by Crippen LogP contribution is 2.25. The maximum absolute atomic E-state index is 12.1. The number of aromatic nitrogens is 6. The first-order valence-electron chi connectivity index (χ1n) is 8.30. The van der Waals surface area contributed by atoms with Gasteiger partial charge in [0, 0.05) is 30.8 Å². The van der Waals surface area contributed by atoms with Gasteiger partial charge in [-0.1, -0.05) is 12.1 Å². The van der Waals surface area contributed by atoms with Crippen molar-refractivity contribution in [2.45, 2.75) is 6.61 Å². The summed E-state index contributed by atoms with van der Waals surface area (Å²) in [6.07, 6.45) is 3.18. The van der Waals surface area contributed by atoms with Crippen LogP contribution in [0.15, 0.2) is 41.5 Å². The molecule has 1 aromatic carbocycles. The highest BCUT2D eigenvalue weighted by Gasteiger charge is 2.22. The predicted octanol–water partition coefficient (Wildman–Crippen LogP) is 1.38. The molecule has 2 aromatic rings. The van der Waals surface area contributed by atoms with Crippen LogP contribution >= 0.6 is 0 Å². The van der Waals surface area contributed by atoms with Gasteiger partial charge in [0.1, 0.15) is 17.9 Å². The lowest BCUT2D eigenvalue weighted by Gasteiger charge is -2.12. The summed E-state index contributed by atoms with van der Waals surface area (Å²) in [5, 5.41) is 13.3. The number of rotatable bonds is 5. The fourth-order valence-electron chi connectivity index (χ4n) is 2.88. The number of carbonyl (C=O) groups excluding carboxylic acids is 1. The van der Waals surface area contributed by atoms with Gasteiger partial charge >= 0.3 is 5.97 Å². The summed E-state index contributed by atoms with van der Waals surface area (Å²) in [5.74, 6) is 0.538. The second-order valence-corrected chi connectivity index (χ2v) is 5.97. The molecule has 4 rings (SSSR count). The van der Waals surface area contributed by atoms with Gasteiger partial charge in [-0.05, 0) is 12.1 Å². The fraction of sp³-hybridized carbons (Fsp3) is 0.167. The molecule has 10 nitrogen and oxygen atoms in total. The Morgan fingerprint density at radius 3 is 2.82 bits per heavy atom. The van der Waals surface area contributed by atoms with E-state index >= 15 is 0 Å². The van der Waals surface area contributed by atoms with E-state index in [-0.39, 0.29) is 22.4 Å². The Kier molecular flexibility index (Phi) is 4.45. The summed E-state index contributed by atoms with van der Waals surface area (Å²) in [4.78, 5) is 28.6. The predicted molar refractivity (Wildman–Crippen MR) is 98.2 cm³/mol. The number of aromatic amines is 2. The normalized spacial score (nSPS) is 11.1. The summed E-state index contributed by atoms with van der Waals surface area (Å²) < 4.78 is 11.5. The molecule has 0 bridgehead atoms. The number of hydrogen-bond acceptors (Lipinski definition) is 7. The van der Waals surface area contributed by atoms with Gasteiger partial charge in [0.2, 0.25) is 0 Å². The van der Waals surface area contributed by atoms with Crippen LogP contribution in [0.3, 0.4) is 0 Å². The minimum Gasteiger partial charge on any atom is -0.465 e. The molecule has 28 heavy (non-hydrogen) atoms. The fourth-order valence-corrected chi connectivity index (χ4v) is 2.88. The third kappa shape index (κ3) is 3.05. The minimum atomic E-state index is -0.583. The first-order valence-corrected chi connectivity index (χ1v) is 8.30. The lowest BCUT2D eigenvalue weighted by atomic mass is 10.1. The molecule has 2 aliphatic heterocycles. The first kappa shape index (κ1) is 17.6. The number of esters is 1. The average Bonchev–Trinajstić information content (AvgIpc) is 3.34. The van der Waals surface area contributed by atoms with Crippen LogP contribution in [0.5, 0.6) is 0 Å². The van der Waals surface area contributed by atoms with Crippen molar-refractivity contribution in [3.8, 4) is 28.3 Å². The number of carbonyl (C=O) groups is 1. The highest BCUT2D eigenvalue weighted by molar-refractivity contribution is 5.96. The van der Waals surface area contributed by atoms with Gasteiger partial charge in [0.05, 0.1) is 12.7 Å². The van der Waals surface area contributed by atoms with Gasteiger partial charge < -0.3 is 14.0 Å². The number of ether oxygens (including phenoxy) is 2. The van der Waals surface area contributed by atoms with E-state index in [2.05, 4.69) is 25.4 Å². The van der Waals surface area contributed by atoms with Crippen molar-refractivity contribution in [3.05, 3.63) is 58.4 Å². The number of nitrogens with one attached hydrogen (secondary N) is 2. The Balaban J connectivity index is 1.82. The lowest BCUT2D eigenvalue weighted by Crippen LogP contribution is -2.11. The van der Waals surface area contributed by atoms with Crippen LogP contribution in [-0.2, 0) is 16.1 Å². The van der Waals surface area contributed by atoms with Crippen molar-refractivity contribution < 1.29 is 14.3 Å². The molecule has 10 heteroatoms. The zero-order valence-corrected chi connectivity index (χ0v) is 15.1. The van der Waals surface area contributed by atoms with E-state index < -0.39 is 5.97 Å². The maximum Gasteiger partial charge on any atom is 0.341 e. The summed E-state index contributed by atoms with van der Waals surface area (Å²) in [6.45, 7) is 0.327.